The van der Waals surface area contributed by atoms with Crippen LogP contribution in [0.5, 0.6) is 0 Å². The number of hydrogen-bond acceptors (Lipinski definition) is 4. The Kier molecular flexibility index (Phi) is 5.45. The Morgan fingerprint density at radius 1 is 0.969 bits per heavy atom. The molecule has 1 N–H and O–H groups in total. The van der Waals surface area contributed by atoms with Crippen molar-refractivity contribution in [2.75, 3.05) is 0 Å². The van der Waals surface area contributed by atoms with Crippen LogP contribution in [0.1, 0.15) is 54.2 Å². The van der Waals surface area contributed by atoms with Crippen molar-refractivity contribution in [3.05, 3.63) is 80.4 Å². The third-order valence-electron chi connectivity index (χ3n) is 6.10. The summed E-state index contributed by atoms with van der Waals surface area (Å²) in [5.74, 6) is -0.211. The van der Waals surface area contributed by atoms with Crippen molar-refractivity contribution in [3.8, 4) is 0 Å². The predicted octanol–water partition coefficient (Wildman–Crippen LogP) is 5.62. The standard InChI is InChI=1S/C27H29NO4/c1-15-7-9-18(10-8-15)13-28-23(29)12-20-16(2)19-11-21-22(27(4,5)6)14-31-24(21)17(3)25(19)32-26(20)30/h7-11,14H,12-13H2,1-6H3,(H,28,29). The van der Waals surface area contributed by atoms with E-state index in [4.69, 9.17) is 8.83 Å². The van der Waals surface area contributed by atoms with Gasteiger partial charge < -0.3 is 14.2 Å². The second-order valence-electron chi connectivity index (χ2n) is 9.59. The zero-order chi connectivity index (χ0) is 23.2. The molecule has 0 aliphatic rings. The topological polar surface area (TPSA) is 72.5 Å². The van der Waals surface area contributed by atoms with Crippen LogP contribution in [0.25, 0.3) is 21.9 Å². The number of aryl methyl sites for hydroxylation is 3. The SMILES string of the molecule is Cc1ccc(CNC(=O)Cc2c(C)c3cc4c(C(C)(C)C)coc4c(C)c3oc2=O)cc1. The summed E-state index contributed by atoms with van der Waals surface area (Å²) in [5, 5.41) is 4.75. The average Bonchev–Trinajstić information content (AvgIpc) is 3.17. The van der Waals surface area contributed by atoms with Crippen LogP contribution in [0, 0.1) is 20.8 Å². The lowest BCUT2D eigenvalue weighted by molar-refractivity contribution is -0.120. The van der Waals surface area contributed by atoms with Crippen molar-refractivity contribution in [1.82, 2.24) is 5.32 Å². The second kappa shape index (κ2) is 7.97. The average molecular weight is 432 g/mol. The number of furan rings is 1. The first-order valence-electron chi connectivity index (χ1n) is 10.9. The van der Waals surface area contributed by atoms with Gasteiger partial charge in [-0.1, -0.05) is 50.6 Å². The van der Waals surface area contributed by atoms with E-state index in [0.29, 0.717) is 17.7 Å². The molecule has 2 aromatic heterocycles. The van der Waals surface area contributed by atoms with Crippen LogP contribution in [0.3, 0.4) is 0 Å². The predicted molar refractivity (Wildman–Crippen MR) is 127 cm³/mol. The summed E-state index contributed by atoms with van der Waals surface area (Å²) in [6.07, 6.45) is 1.76. The Morgan fingerprint density at radius 2 is 1.66 bits per heavy atom. The summed E-state index contributed by atoms with van der Waals surface area (Å²) >= 11 is 0. The van der Waals surface area contributed by atoms with Gasteiger partial charge >= 0.3 is 5.63 Å². The molecule has 0 saturated heterocycles. The summed E-state index contributed by atoms with van der Waals surface area (Å²) < 4.78 is 11.5. The normalized spacial score (nSPS) is 11.9. The Bertz CT molecular complexity index is 1380. The summed E-state index contributed by atoms with van der Waals surface area (Å²) in [5.41, 5.74) is 5.90. The number of fused-ring (bicyclic) bond motifs is 2. The van der Waals surface area contributed by atoms with E-state index in [1.165, 1.54) is 5.56 Å². The smallest absolute Gasteiger partial charge is 0.340 e. The second-order valence-corrected chi connectivity index (χ2v) is 9.59. The number of amides is 1. The molecule has 5 nitrogen and oxygen atoms in total. The maximum Gasteiger partial charge on any atom is 0.340 e. The van der Waals surface area contributed by atoms with E-state index < -0.39 is 5.63 Å². The molecule has 0 spiro atoms. The molecule has 2 heterocycles. The molecule has 1 amide bonds. The van der Waals surface area contributed by atoms with E-state index >= 15 is 0 Å². The van der Waals surface area contributed by atoms with E-state index in [2.05, 4.69) is 26.1 Å². The molecule has 0 aliphatic carbocycles. The largest absolute Gasteiger partial charge is 0.464 e. The molecule has 32 heavy (non-hydrogen) atoms. The fourth-order valence-electron chi connectivity index (χ4n) is 4.11. The molecule has 0 bridgehead atoms. The summed E-state index contributed by atoms with van der Waals surface area (Å²) in [7, 11) is 0. The van der Waals surface area contributed by atoms with E-state index in [9.17, 15) is 9.59 Å². The first kappa shape index (κ1) is 21.9. The fraction of sp³-hybridized carbons (Fsp3) is 0.333. The molecule has 166 valence electrons. The van der Waals surface area contributed by atoms with E-state index in [1.807, 2.05) is 51.1 Å². The van der Waals surface area contributed by atoms with Crippen molar-refractivity contribution in [3.63, 3.8) is 0 Å². The van der Waals surface area contributed by atoms with Crippen LogP contribution < -0.4 is 10.9 Å². The number of nitrogens with one attached hydrogen (secondary N) is 1. The highest BCUT2D eigenvalue weighted by Gasteiger charge is 2.24. The van der Waals surface area contributed by atoms with E-state index in [1.54, 1.807) is 6.26 Å². The minimum absolute atomic E-state index is 0.0232. The molecule has 4 aromatic rings. The Morgan fingerprint density at radius 3 is 2.31 bits per heavy atom. The van der Waals surface area contributed by atoms with Crippen molar-refractivity contribution in [2.24, 2.45) is 0 Å². The van der Waals surface area contributed by atoms with Crippen LogP contribution in [0.2, 0.25) is 0 Å². The van der Waals surface area contributed by atoms with Crippen LogP contribution in [-0.2, 0) is 23.2 Å². The van der Waals surface area contributed by atoms with Gasteiger partial charge in [0.1, 0.15) is 11.2 Å². The molecule has 0 fully saturated rings. The van der Waals surface area contributed by atoms with Crippen LogP contribution in [0.15, 0.2) is 50.2 Å². The highest BCUT2D eigenvalue weighted by molar-refractivity contribution is 6.00. The molecule has 0 unspecified atom stereocenters. The lowest BCUT2D eigenvalue weighted by Crippen LogP contribution is -2.27. The molecule has 0 aliphatic heterocycles. The monoisotopic (exact) mass is 431 g/mol. The van der Waals surface area contributed by atoms with Gasteiger partial charge in [0.25, 0.3) is 0 Å². The molecule has 4 rings (SSSR count). The van der Waals surface area contributed by atoms with Gasteiger partial charge in [-0.05, 0) is 43.4 Å². The van der Waals surface area contributed by atoms with Gasteiger partial charge in [0.05, 0.1) is 18.2 Å². The van der Waals surface area contributed by atoms with Crippen molar-refractivity contribution >= 4 is 27.8 Å². The van der Waals surface area contributed by atoms with Crippen LogP contribution in [-0.4, -0.2) is 5.91 Å². The van der Waals surface area contributed by atoms with Gasteiger partial charge in [-0.2, -0.15) is 0 Å². The molecule has 2 aromatic carbocycles. The first-order valence-corrected chi connectivity index (χ1v) is 10.9. The molecule has 0 radical (unpaired) electrons. The van der Waals surface area contributed by atoms with E-state index in [-0.39, 0.29) is 17.7 Å². The van der Waals surface area contributed by atoms with Gasteiger partial charge in [0.15, 0.2) is 0 Å². The lowest BCUT2D eigenvalue weighted by atomic mass is 9.86. The third kappa shape index (κ3) is 3.95. The molecule has 0 saturated carbocycles. The highest BCUT2D eigenvalue weighted by atomic mass is 16.4. The minimum Gasteiger partial charge on any atom is -0.464 e. The zero-order valence-corrected chi connectivity index (χ0v) is 19.5. The van der Waals surface area contributed by atoms with Gasteiger partial charge in [-0.3, -0.25) is 4.79 Å². The van der Waals surface area contributed by atoms with Crippen LogP contribution in [0.4, 0.5) is 0 Å². The molecule has 0 atom stereocenters. The number of carbonyl (C=O) groups excluding carboxylic acids is 1. The summed E-state index contributed by atoms with van der Waals surface area (Å²) in [6, 6.07) is 10.0. The number of rotatable bonds is 4. The lowest BCUT2D eigenvalue weighted by Gasteiger charge is -2.17. The van der Waals surface area contributed by atoms with Crippen LogP contribution >= 0.6 is 0 Å². The Labute approximate surface area is 187 Å². The van der Waals surface area contributed by atoms with E-state index in [0.717, 1.165) is 38.6 Å². The van der Waals surface area contributed by atoms with Crippen molar-refractivity contribution in [1.29, 1.82) is 0 Å². The van der Waals surface area contributed by atoms with Crippen molar-refractivity contribution in [2.45, 2.75) is 59.9 Å². The number of carbonyl (C=O) groups is 1. The van der Waals surface area contributed by atoms with Gasteiger partial charge in [-0.25, -0.2) is 4.79 Å². The summed E-state index contributed by atoms with van der Waals surface area (Å²) in [4.78, 5) is 25.4. The molecule has 5 heteroatoms. The quantitative estimate of drug-likeness (QED) is 0.426. The number of benzene rings is 2. The maximum atomic E-state index is 12.8. The Hall–Kier alpha value is -3.34. The summed E-state index contributed by atoms with van der Waals surface area (Å²) in [6.45, 7) is 12.6. The fourth-order valence-corrected chi connectivity index (χ4v) is 4.11. The van der Waals surface area contributed by atoms with Crippen molar-refractivity contribution < 1.29 is 13.6 Å². The molecular weight excluding hydrogens is 402 g/mol. The number of hydrogen-bond donors (Lipinski definition) is 1. The maximum absolute atomic E-state index is 12.8. The van der Waals surface area contributed by atoms with Gasteiger partial charge in [0.2, 0.25) is 5.91 Å². The zero-order valence-electron chi connectivity index (χ0n) is 19.5. The first-order chi connectivity index (χ1) is 15.1. The Balaban J connectivity index is 1.70. The molecular formula is C27H29NO4. The van der Waals surface area contributed by atoms with Gasteiger partial charge in [-0.15, -0.1) is 0 Å². The third-order valence-corrected chi connectivity index (χ3v) is 6.10. The highest BCUT2D eigenvalue weighted by Crippen LogP contribution is 2.37. The van der Waals surface area contributed by atoms with Gasteiger partial charge in [0, 0.05) is 28.4 Å². The minimum atomic E-state index is -0.481.